The van der Waals surface area contributed by atoms with Crippen molar-refractivity contribution in [2.45, 2.75) is 92.9 Å². The zero-order valence-electron chi connectivity index (χ0n) is 29.0. The van der Waals surface area contributed by atoms with Crippen molar-refractivity contribution in [2.75, 3.05) is 13.2 Å². The third-order valence-electron chi connectivity index (χ3n) is 8.31. The fourth-order valence-electron chi connectivity index (χ4n) is 6.56. The molecule has 258 valence electrons. The van der Waals surface area contributed by atoms with Crippen LogP contribution in [0.4, 0.5) is 0 Å². The second-order valence-corrected chi connectivity index (χ2v) is 13.9. The highest BCUT2D eigenvalue weighted by Crippen LogP contribution is 2.48. The van der Waals surface area contributed by atoms with E-state index in [1.54, 1.807) is 0 Å². The van der Waals surface area contributed by atoms with Crippen molar-refractivity contribution in [3.05, 3.63) is 70.8 Å². The molecule has 0 radical (unpaired) electrons. The molecule has 0 aromatic heterocycles. The first-order chi connectivity index (χ1) is 22.6. The number of nitrogens with zero attached hydrogens (tertiary/aromatic N) is 2. The van der Waals surface area contributed by atoms with E-state index in [4.69, 9.17) is 9.68 Å². The highest BCUT2D eigenvalue weighted by atomic mass is 16.6. The number of benzene rings is 1. The Hall–Kier alpha value is -4.60. The molecule has 2 aliphatic rings. The van der Waals surface area contributed by atoms with Gasteiger partial charge in [-0.3, -0.25) is 9.59 Å². The van der Waals surface area contributed by atoms with Crippen molar-refractivity contribution in [1.82, 2.24) is 0 Å². The van der Waals surface area contributed by atoms with Gasteiger partial charge in [-0.25, -0.2) is 9.59 Å². The highest BCUT2D eigenvalue weighted by molar-refractivity contribution is 6.30. The molecule has 0 saturated heterocycles. The maximum absolute atomic E-state index is 14.0. The number of hydrogen-bond donors (Lipinski definition) is 2. The number of carbonyl (C=O) groups excluding carboxylic acids is 2. The number of Topliss-reactive ketones (excluding diaryl/α,β-unsaturated/α-hetero) is 2. The molecule has 48 heavy (non-hydrogen) atoms. The van der Waals surface area contributed by atoms with E-state index in [2.05, 4.69) is 23.5 Å². The Bertz CT molecular complexity index is 1620. The largest absolute Gasteiger partial charge is 0.478 e. The van der Waals surface area contributed by atoms with Gasteiger partial charge in [0.2, 0.25) is 0 Å². The first-order valence-corrected chi connectivity index (χ1v) is 16.4. The van der Waals surface area contributed by atoms with Crippen molar-refractivity contribution in [1.29, 1.82) is 0 Å². The molecule has 0 aliphatic heterocycles. The van der Waals surface area contributed by atoms with Crippen LogP contribution >= 0.6 is 0 Å². The first kappa shape index (κ1) is 37.9. The Morgan fingerprint density at radius 1 is 0.771 bits per heavy atom. The van der Waals surface area contributed by atoms with Crippen LogP contribution in [0.1, 0.15) is 125 Å². The van der Waals surface area contributed by atoms with E-state index in [-0.39, 0.29) is 83.0 Å². The second-order valence-electron chi connectivity index (χ2n) is 13.9. The van der Waals surface area contributed by atoms with Gasteiger partial charge >= 0.3 is 11.9 Å². The molecular formula is C38H48N2O8. The van der Waals surface area contributed by atoms with Gasteiger partial charge < -0.3 is 19.9 Å². The standard InChI is InChI=1S/C38H48N2O8/c1-9-13-27(39-47-17-11-3)32-25(19-37(5,6)21-29(32)41)23-15-16-24(35(43)44)31(34(23)36(45)46)26-20-38(7,8)22-30(42)33(26)28(14-10-2)40-48-18-12-4/h11-12,15-16H,3-4,9-10,13-14,17-22H2,1-2,5-8H3,(H,43,44)(H,45,46)/b39-27-,40-28-. The molecule has 0 atom stereocenters. The third kappa shape index (κ3) is 8.65. The Morgan fingerprint density at radius 3 is 1.65 bits per heavy atom. The number of carboxylic acids is 2. The Kier molecular flexibility index (Phi) is 12.6. The van der Waals surface area contributed by atoms with E-state index in [9.17, 15) is 29.4 Å². The zero-order valence-corrected chi connectivity index (χ0v) is 29.0. The van der Waals surface area contributed by atoms with Gasteiger partial charge in [0, 0.05) is 29.6 Å². The van der Waals surface area contributed by atoms with Gasteiger partial charge in [-0.15, -0.1) is 0 Å². The van der Waals surface area contributed by atoms with Crippen molar-refractivity contribution < 1.29 is 39.1 Å². The maximum atomic E-state index is 14.0. The van der Waals surface area contributed by atoms with Crippen LogP contribution in [-0.4, -0.2) is 58.4 Å². The summed E-state index contributed by atoms with van der Waals surface area (Å²) in [6.07, 6.45) is 5.90. The monoisotopic (exact) mass is 660 g/mol. The maximum Gasteiger partial charge on any atom is 0.336 e. The van der Waals surface area contributed by atoms with Crippen LogP contribution in [0.2, 0.25) is 0 Å². The van der Waals surface area contributed by atoms with Gasteiger partial charge in [-0.1, -0.05) is 96.1 Å². The van der Waals surface area contributed by atoms with Crippen LogP contribution in [0, 0.1) is 10.8 Å². The molecule has 2 aliphatic carbocycles. The van der Waals surface area contributed by atoms with Crippen LogP contribution in [-0.2, 0) is 19.3 Å². The van der Waals surface area contributed by atoms with Crippen molar-refractivity contribution in [2.24, 2.45) is 21.1 Å². The summed E-state index contributed by atoms with van der Waals surface area (Å²) >= 11 is 0. The summed E-state index contributed by atoms with van der Waals surface area (Å²) in [5.74, 6) is -3.22. The van der Waals surface area contributed by atoms with Crippen LogP contribution in [0.5, 0.6) is 0 Å². The minimum absolute atomic E-state index is 0.0734. The number of rotatable bonds is 16. The van der Waals surface area contributed by atoms with Gasteiger partial charge in [0.15, 0.2) is 11.6 Å². The number of carboxylic acid groups (broad SMARTS) is 2. The number of oxime groups is 2. The predicted octanol–water partition coefficient (Wildman–Crippen LogP) is 8.09. The van der Waals surface area contributed by atoms with Crippen molar-refractivity contribution in [3.8, 4) is 0 Å². The lowest BCUT2D eigenvalue weighted by molar-refractivity contribution is -0.118. The molecule has 0 spiro atoms. The van der Waals surface area contributed by atoms with Crippen LogP contribution in [0.3, 0.4) is 0 Å². The molecule has 0 amide bonds. The van der Waals surface area contributed by atoms with Gasteiger partial charge in [0.1, 0.15) is 13.2 Å². The lowest BCUT2D eigenvalue weighted by Gasteiger charge is -2.35. The number of aromatic carboxylic acids is 2. The highest BCUT2D eigenvalue weighted by Gasteiger charge is 2.41. The topological polar surface area (TPSA) is 152 Å². The minimum atomic E-state index is -1.39. The third-order valence-corrected chi connectivity index (χ3v) is 8.31. The van der Waals surface area contributed by atoms with E-state index in [1.165, 1.54) is 24.3 Å². The van der Waals surface area contributed by atoms with E-state index in [0.29, 0.717) is 49.1 Å². The molecule has 0 heterocycles. The molecule has 3 rings (SSSR count). The molecule has 1 aromatic carbocycles. The van der Waals surface area contributed by atoms with Crippen LogP contribution < -0.4 is 0 Å². The van der Waals surface area contributed by atoms with E-state index in [0.717, 1.165) is 0 Å². The SMILES string of the molecule is C=CCO/N=C(/CCC)C1=C(c2ccc(C(=O)O)c(C3=C(/C(CCC)=N\OCC=C)C(=O)CC(C)(C)C3)c2C(=O)O)CC(C)(C)CC1=O. The molecule has 2 N–H and O–H groups in total. The van der Waals surface area contributed by atoms with Crippen molar-refractivity contribution >= 4 is 46.1 Å². The summed E-state index contributed by atoms with van der Waals surface area (Å²) in [4.78, 5) is 65.1. The lowest BCUT2D eigenvalue weighted by Crippen LogP contribution is -2.31. The Labute approximate surface area is 282 Å². The quantitative estimate of drug-likeness (QED) is 0.0781. The molecule has 10 nitrogen and oxygen atoms in total. The number of ketones is 2. The number of hydrogen-bond acceptors (Lipinski definition) is 8. The molecule has 0 bridgehead atoms. The first-order valence-electron chi connectivity index (χ1n) is 16.4. The molecular weight excluding hydrogens is 612 g/mol. The summed E-state index contributed by atoms with van der Waals surface area (Å²) in [6.45, 7) is 19.0. The summed E-state index contributed by atoms with van der Waals surface area (Å²) < 4.78 is 0. The fraction of sp³-hybridized carbons (Fsp3) is 0.474. The molecule has 0 saturated carbocycles. The van der Waals surface area contributed by atoms with E-state index in [1.807, 2.05) is 41.5 Å². The second kappa shape index (κ2) is 16.0. The summed E-state index contributed by atoms with van der Waals surface area (Å²) in [5, 5.41) is 30.0. The summed E-state index contributed by atoms with van der Waals surface area (Å²) in [5.41, 5.74) is 0.291. The average molecular weight is 661 g/mol. The average Bonchev–Trinajstić information content (AvgIpc) is 2.98. The minimum Gasteiger partial charge on any atom is -0.478 e. The van der Waals surface area contributed by atoms with Crippen LogP contribution in [0.25, 0.3) is 11.1 Å². The molecule has 0 fully saturated rings. The molecule has 10 heteroatoms. The predicted molar refractivity (Wildman–Crippen MR) is 187 cm³/mol. The normalized spacial score (nSPS) is 18.1. The molecule has 0 unspecified atom stereocenters. The number of carbonyl (C=O) groups is 4. The fourth-order valence-corrected chi connectivity index (χ4v) is 6.56. The number of allylic oxidation sites excluding steroid dienone is 4. The van der Waals surface area contributed by atoms with Gasteiger partial charge in [-0.2, -0.15) is 0 Å². The summed E-state index contributed by atoms with van der Waals surface area (Å²) in [6, 6.07) is 2.82. The van der Waals surface area contributed by atoms with E-state index < -0.39 is 22.8 Å². The van der Waals surface area contributed by atoms with Gasteiger partial charge in [0.05, 0.1) is 22.6 Å². The Balaban J connectivity index is 2.60. The Morgan fingerprint density at radius 2 is 1.23 bits per heavy atom. The lowest BCUT2D eigenvalue weighted by atomic mass is 9.67. The summed E-state index contributed by atoms with van der Waals surface area (Å²) in [7, 11) is 0. The van der Waals surface area contributed by atoms with Gasteiger partial charge in [-0.05, 0) is 59.3 Å². The smallest absolute Gasteiger partial charge is 0.336 e. The van der Waals surface area contributed by atoms with E-state index >= 15 is 0 Å². The van der Waals surface area contributed by atoms with Crippen LogP contribution in [0.15, 0.2) is 58.9 Å². The van der Waals surface area contributed by atoms with Crippen molar-refractivity contribution in [3.63, 3.8) is 0 Å². The molecule has 1 aromatic rings. The van der Waals surface area contributed by atoms with Gasteiger partial charge in [0.25, 0.3) is 0 Å². The zero-order chi connectivity index (χ0) is 35.8.